The second-order valence-corrected chi connectivity index (χ2v) is 4.23. The molecule has 2 nitrogen and oxygen atoms in total. The summed E-state index contributed by atoms with van der Waals surface area (Å²) in [6.45, 7) is 2.07. The summed E-state index contributed by atoms with van der Waals surface area (Å²) in [6, 6.07) is 9.12. The van der Waals surface area contributed by atoms with Crippen LogP contribution in [0.15, 0.2) is 24.3 Å². The topological polar surface area (TPSA) is 44.0 Å². The zero-order valence-electron chi connectivity index (χ0n) is 8.10. The van der Waals surface area contributed by atoms with Gasteiger partial charge in [0.15, 0.2) is 0 Å². The molecule has 3 heteroatoms. The smallest absolute Gasteiger partial charge is 0.0991 e. The molecule has 0 radical (unpaired) electrons. The molecule has 1 rings (SSSR count). The number of hydrogen-bond acceptors (Lipinski definition) is 3. The highest BCUT2D eigenvalue weighted by molar-refractivity contribution is 7.99. The third-order valence-corrected chi connectivity index (χ3v) is 2.86. The van der Waals surface area contributed by atoms with E-state index < -0.39 is 6.10 Å². The maximum atomic E-state index is 9.71. The van der Waals surface area contributed by atoms with Crippen LogP contribution >= 0.6 is 11.8 Å². The van der Waals surface area contributed by atoms with Crippen LogP contribution < -0.4 is 0 Å². The molecule has 0 aliphatic rings. The van der Waals surface area contributed by atoms with Crippen LogP contribution in [-0.4, -0.2) is 16.6 Å². The van der Waals surface area contributed by atoms with E-state index in [2.05, 4.69) is 6.92 Å². The van der Waals surface area contributed by atoms with Gasteiger partial charge in [-0.3, -0.25) is 0 Å². The van der Waals surface area contributed by atoms with E-state index in [4.69, 9.17) is 5.26 Å². The number of nitriles is 1. The minimum Gasteiger partial charge on any atom is -0.388 e. The van der Waals surface area contributed by atoms with Crippen molar-refractivity contribution in [1.29, 1.82) is 5.26 Å². The Labute approximate surface area is 88.6 Å². The van der Waals surface area contributed by atoms with E-state index in [0.29, 0.717) is 11.3 Å². The summed E-state index contributed by atoms with van der Waals surface area (Å²) in [6.07, 6.45) is -0.423. The van der Waals surface area contributed by atoms with Crippen LogP contribution in [0, 0.1) is 11.3 Å². The van der Waals surface area contributed by atoms with Gasteiger partial charge in [-0.15, -0.1) is 0 Å². The lowest BCUT2D eigenvalue weighted by molar-refractivity contribution is 0.204. The number of aliphatic hydroxyl groups is 1. The first-order chi connectivity index (χ1) is 6.77. The average molecular weight is 207 g/mol. The van der Waals surface area contributed by atoms with Gasteiger partial charge >= 0.3 is 0 Å². The second-order valence-electron chi connectivity index (χ2n) is 2.91. The molecule has 0 fully saturated rings. The minimum absolute atomic E-state index is 0.423. The quantitative estimate of drug-likeness (QED) is 0.824. The summed E-state index contributed by atoms with van der Waals surface area (Å²) in [5.74, 6) is 1.72. The van der Waals surface area contributed by atoms with Crippen LogP contribution in [0.2, 0.25) is 0 Å². The van der Waals surface area contributed by atoms with Crippen molar-refractivity contribution in [3.63, 3.8) is 0 Å². The Morgan fingerprint density at radius 2 is 2.07 bits per heavy atom. The standard InChI is InChI=1S/C11H13NOS/c1-2-14-8-11(13)10-5-3-9(7-12)4-6-10/h3-6,11,13H,2,8H2,1H3. The molecule has 0 amide bonds. The highest BCUT2D eigenvalue weighted by atomic mass is 32.2. The van der Waals surface area contributed by atoms with Crippen LogP contribution in [-0.2, 0) is 0 Å². The van der Waals surface area contributed by atoms with E-state index in [-0.39, 0.29) is 0 Å². The molecule has 1 aromatic rings. The lowest BCUT2D eigenvalue weighted by atomic mass is 10.1. The molecular weight excluding hydrogens is 194 g/mol. The number of benzene rings is 1. The predicted octanol–water partition coefficient (Wildman–Crippen LogP) is 2.34. The van der Waals surface area contributed by atoms with Crippen molar-refractivity contribution in [1.82, 2.24) is 0 Å². The highest BCUT2D eigenvalue weighted by Gasteiger charge is 2.06. The zero-order chi connectivity index (χ0) is 10.4. The van der Waals surface area contributed by atoms with Crippen molar-refractivity contribution < 1.29 is 5.11 Å². The predicted molar refractivity (Wildman–Crippen MR) is 59.1 cm³/mol. The summed E-state index contributed by atoms with van der Waals surface area (Å²) < 4.78 is 0. The van der Waals surface area contributed by atoms with Gasteiger partial charge < -0.3 is 5.11 Å². The number of aliphatic hydroxyl groups excluding tert-OH is 1. The molecule has 14 heavy (non-hydrogen) atoms. The molecule has 0 spiro atoms. The van der Waals surface area contributed by atoms with Crippen LogP contribution in [0.5, 0.6) is 0 Å². The third-order valence-electron chi connectivity index (χ3n) is 1.90. The lowest BCUT2D eigenvalue weighted by Gasteiger charge is -2.09. The van der Waals surface area contributed by atoms with E-state index in [0.717, 1.165) is 11.3 Å². The monoisotopic (exact) mass is 207 g/mol. The van der Waals surface area contributed by atoms with Crippen molar-refractivity contribution >= 4 is 11.8 Å². The van der Waals surface area contributed by atoms with E-state index in [1.54, 1.807) is 36.0 Å². The Hall–Kier alpha value is -0.980. The molecule has 1 atom stereocenters. The Morgan fingerprint density at radius 3 is 2.57 bits per heavy atom. The van der Waals surface area contributed by atoms with Gasteiger partial charge in [0.2, 0.25) is 0 Å². The van der Waals surface area contributed by atoms with Crippen LogP contribution in [0.25, 0.3) is 0 Å². The van der Waals surface area contributed by atoms with Crippen molar-refractivity contribution in [3.8, 4) is 6.07 Å². The Bertz CT molecular complexity index is 315. The average Bonchev–Trinajstić information content (AvgIpc) is 2.26. The summed E-state index contributed by atoms with van der Waals surface area (Å²) in [5.41, 5.74) is 1.51. The van der Waals surface area contributed by atoms with Gasteiger partial charge in [0.25, 0.3) is 0 Å². The molecule has 0 bridgehead atoms. The van der Waals surface area contributed by atoms with Gasteiger partial charge in [-0.2, -0.15) is 17.0 Å². The largest absolute Gasteiger partial charge is 0.388 e. The fourth-order valence-corrected chi connectivity index (χ4v) is 1.76. The molecule has 0 aromatic heterocycles. The Kier molecular flexibility index (Phi) is 4.51. The molecule has 0 heterocycles. The maximum absolute atomic E-state index is 9.71. The van der Waals surface area contributed by atoms with Gasteiger partial charge in [0.1, 0.15) is 0 Å². The SMILES string of the molecule is CCSCC(O)c1ccc(C#N)cc1. The first-order valence-corrected chi connectivity index (χ1v) is 5.69. The molecule has 0 saturated carbocycles. The molecular formula is C11H13NOS. The number of rotatable bonds is 4. The normalized spacial score (nSPS) is 12.1. The first-order valence-electron chi connectivity index (χ1n) is 4.53. The first kappa shape index (κ1) is 11.1. The van der Waals surface area contributed by atoms with Crippen LogP contribution in [0.4, 0.5) is 0 Å². The van der Waals surface area contributed by atoms with E-state index >= 15 is 0 Å². The highest BCUT2D eigenvalue weighted by Crippen LogP contribution is 2.18. The molecule has 1 aromatic carbocycles. The van der Waals surface area contributed by atoms with E-state index in [1.807, 2.05) is 6.07 Å². The second kappa shape index (κ2) is 5.69. The Balaban J connectivity index is 2.63. The molecule has 1 unspecified atom stereocenters. The van der Waals surface area contributed by atoms with Crippen molar-refractivity contribution in [2.24, 2.45) is 0 Å². The van der Waals surface area contributed by atoms with E-state index in [9.17, 15) is 5.11 Å². The molecule has 0 saturated heterocycles. The maximum Gasteiger partial charge on any atom is 0.0991 e. The number of thioether (sulfide) groups is 1. The molecule has 0 aliphatic carbocycles. The zero-order valence-corrected chi connectivity index (χ0v) is 8.92. The fraction of sp³-hybridized carbons (Fsp3) is 0.364. The summed E-state index contributed by atoms with van der Waals surface area (Å²) in [7, 11) is 0. The van der Waals surface area contributed by atoms with Crippen molar-refractivity contribution in [3.05, 3.63) is 35.4 Å². The molecule has 74 valence electrons. The lowest BCUT2D eigenvalue weighted by Crippen LogP contribution is -2.00. The van der Waals surface area contributed by atoms with Gasteiger partial charge in [0.05, 0.1) is 17.7 Å². The Morgan fingerprint density at radius 1 is 1.43 bits per heavy atom. The summed E-state index contributed by atoms with van der Waals surface area (Å²) >= 11 is 1.71. The minimum atomic E-state index is -0.423. The van der Waals surface area contributed by atoms with E-state index in [1.165, 1.54) is 0 Å². The van der Waals surface area contributed by atoms with Gasteiger partial charge in [-0.25, -0.2) is 0 Å². The van der Waals surface area contributed by atoms with Crippen LogP contribution in [0.3, 0.4) is 0 Å². The number of hydrogen-bond donors (Lipinski definition) is 1. The van der Waals surface area contributed by atoms with Gasteiger partial charge in [-0.05, 0) is 23.4 Å². The summed E-state index contributed by atoms with van der Waals surface area (Å²) in [4.78, 5) is 0. The number of nitrogens with zero attached hydrogens (tertiary/aromatic N) is 1. The summed E-state index contributed by atoms with van der Waals surface area (Å²) in [5, 5.41) is 18.3. The molecule has 0 aliphatic heterocycles. The fourth-order valence-electron chi connectivity index (χ4n) is 1.11. The molecule has 1 N–H and O–H groups in total. The third kappa shape index (κ3) is 3.06. The van der Waals surface area contributed by atoms with Gasteiger partial charge in [-0.1, -0.05) is 19.1 Å². The van der Waals surface area contributed by atoms with Crippen LogP contribution in [0.1, 0.15) is 24.2 Å². The van der Waals surface area contributed by atoms with Crippen molar-refractivity contribution in [2.45, 2.75) is 13.0 Å². The van der Waals surface area contributed by atoms with Crippen molar-refractivity contribution in [2.75, 3.05) is 11.5 Å². The van der Waals surface area contributed by atoms with Gasteiger partial charge in [0, 0.05) is 5.75 Å².